The van der Waals surface area contributed by atoms with E-state index in [4.69, 9.17) is 10.5 Å². The molecule has 0 atom stereocenters. The van der Waals surface area contributed by atoms with Crippen molar-refractivity contribution in [1.82, 2.24) is 15.4 Å². The summed E-state index contributed by atoms with van der Waals surface area (Å²) in [5, 5.41) is 2.28. The minimum absolute atomic E-state index is 0.249. The summed E-state index contributed by atoms with van der Waals surface area (Å²) in [4.78, 5) is 16.1. The number of aromatic nitrogens is 1. The van der Waals surface area contributed by atoms with Crippen molar-refractivity contribution in [2.75, 3.05) is 38.3 Å². The van der Waals surface area contributed by atoms with Crippen LogP contribution >= 0.6 is 23.1 Å². The first-order chi connectivity index (χ1) is 8.20. The molecular weight excluding hydrogens is 260 g/mol. The fourth-order valence-electron chi connectivity index (χ4n) is 1.43. The van der Waals surface area contributed by atoms with Crippen molar-refractivity contribution < 1.29 is 9.53 Å². The molecule has 0 radical (unpaired) electrons. The first-order valence-corrected chi connectivity index (χ1v) is 7.19. The van der Waals surface area contributed by atoms with Crippen molar-refractivity contribution in [3.63, 3.8) is 0 Å². The van der Waals surface area contributed by atoms with E-state index < -0.39 is 0 Å². The highest BCUT2D eigenvalue weighted by atomic mass is 32.2. The molecule has 1 fully saturated rings. The molecule has 1 amide bonds. The number of nitrogens with two attached hydrogens (primary N) is 1. The third-order valence-corrected chi connectivity index (χ3v) is 4.16. The predicted octanol–water partition coefficient (Wildman–Crippen LogP) is 0.424. The van der Waals surface area contributed by atoms with Crippen LogP contribution in [-0.4, -0.2) is 48.5 Å². The van der Waals surface area contributed by atoms with Gasteiger partial charge in [-0.3, -0.25) is 10.2 Å². The van der Waals surface area contributed by atoms with Gasteiger partial charge in [-0.05, 0) is 6.26 Å². The van der Waals surface area contributed by atoms with E-state index in [1.165, 1.54) is 23.1 Å². The van der Waals surface area contributed by atoms with Crippen LogP contribution < -0.4 is 11.2 Å². The Morgan fingerprint density at radius 1 is 1.59 bits per heavy atom. The minimum Gasteiger partial charge on any atom is -0.389 e. The first-order valence-electron chi connectivity index (χ1n) is 5.14. The molecule has 2 rings (SSSR count). The number of anilines is 1. The van der Waals surface area contributed by atoms with Crippen LogP contribution in [0.25, 0.3) is 0 Å². The van der Waals surface area contributed by atoms with Crippen LogP contribution in [0.3, 0.4) is 0 Å². The van der Waals surface area contributed by atoms with Gasteiger partial charge in [-0.1, -0.05) is 23.1 Å². The number of thiazole rings is 1. The number of morpholine rings is 1. The summed E-state index contributed by atoms with van der Waals surface area (Å²) in [6, 6.07) is 0. The SMILES string of the molecule is CSc1nc(C(=O)NN2CCOCC2)c(N)s1. The first kappa shape index (κ1) is 12.6. The van der Waals surface area contributed by atoms with E-state index in [9.17, 15) is 4.79 Å². The maximum atomic E-state index is 11.9. The zero-order valence-electron chi connectivity index (χ0n) is 9.43. The van der Waals surface area contributed by atoms with Crippen LogP contribution in [0.1, 0.15) is 10.5 Å². The lowest BCUT2D eigenvalue weighted by atomic mass is 10.4. The highest BCUT2D eigenvalue weighted by Gasteiger charge is 2.19. The molecule has 0 aromatic carbocycles. The van der Waals surface area contributed by atoms with Crippen LogP contribution in [0.4, 0.5) is 5.00 Å². The van der Waals surface area contributed by atoms with E-state index in [1.807, 2.05) is 11.3 Å². The maximum absolute atomic E-state index is 11.9. The Kier molecular flexibility index (Phi) is 4.21. The van der Waals surface area contributed by atoms with Gasteiger partial charge in [0.1, 0.15) is 5.00 Å². The third-order valence-electron chi connectivity index (χ3n) is 2.29. The number of hydrogen-bond donors (Lipinski definition) is 2. The molecule has 0 bridgehead atoms. The van der Waals surface area contributed by atoms with Crippen LogP contribution in [0, 0.1) is 0 Å². The predicted molar refractivity (Wildman–Crippen MR) is 68.2 cm³/mol. The van der Waals surface area contributed by atoms with Gasteiger partial charge in [-0.25, -0.2) is 9.99 Å². The quantitative estimate of drug-likeness (QED) is 0.778. The zero-order valence-corrected chi connectivity index (χ0v) is 11.1. The number of carbonyl (C=O) groups excluding carboxylic acids is 1. The molecule has 1 aliphatic rings. The van der Waals surface area contributed by atoms with Crippen molar-refractivity contribution in [3.8, 4) is 0 Å². The molecule has 1 aliphatic heterocycles. The summed E-state index contributed by atoms with van der Waals surface area (Å²) in [5.41, 5.74) is 8.86. The number of amides is 1. The number of nitrogens with zero attached hydrogens (tertiary/aromatic N) is 2. The lowest BCUT2D eigenvalue weighted by Crippen LogP contribution is -2.48. The smallest absolute Gasteiger partial charge is 0.287 e. The van der Waals surface area contributed by atoms with Gasteiger partial charge in [0.25, 0.3) is 5.91 Å². The van der Waals surface area contributed by atoms with Gasteiger partial charge >= 0.3 is 0 Å². The molecule has 6 nitrogen and oxygen atoms in total. The average molecular weight is 274 g/mol. The standard InChI is InChI=1S/C9H14N4O2S2/c1-16-9-11-6(7(10)17-9)8(14)12-13-2-4-15-5-3-13/h2-5,10H2,1H3,(H,12,14). The molecule has 0 aliphatic carbocycles. The molecule has 0 unspecified atom stereocenters. The van der Waals surface area contributed by atoms with Crippen LogP contribution in [0.2, 0.25) is 0 Å². The average Bonchev–Trinajstić information content (AvgIpc) is 2.72. The molecule has 0 saturated carbocycles. The van der Waals surface area contributed by atoms with Gasteiger partial charge in [-0.15, -0.1) is 0 Å². The highest BCUT2D eigenvalue weighted by molar-refractivity contribution is 8.00. The summed E-state index contributed by atoms with van der Waals surface area (Å²) in [6.07, 6.45) is 1.90. The third kappa shape index (κ3) is 3.09. The number of nitrogen functional groups attached to an aromatic ring is 1. The van der Waals surface area contributed by atoms with E-state index in [2.05, 4.69) is 10.4 Å². The Labute approximate surface area is 107 Å². The lowest BCUT2D eigenvalue weighted by Gasteiger charge is -2.26. The fourth-order valence-corrected chi connectivity index (χ4v) is 2.78. The Balaban J connectivity index is 2.00. The minimum atomic E-state index is -0.249. The fraction of sp³-hybridized carbons (Fsp3) is 0.556. The number of hydrogen-bond acceptors (Lipinski definition) is 7. The second-order valence-electron chi connectivity index (χ2n) is 3.44. The van der Waals surface area contributed by atoms with Crippen LogP contribution in [-0.2, 0) is 4.74 Å². The number of carbonyl (C=O) groups is 1. The number of hydrazine groups is 1. The van der Waals surface area contributed by atoms with Gasteiger partial charge in [0.05, 0.1) is 13.2 Å². The van der Waals surface area contributed by atoms with Gasteiger partial charge in [0.15, 0.2) is 10.0 Å². The number of nitrogens with one attached hydrogen (secondary N) is 1. The second kappa shape index (κ2) is 5.67. The molecular formula is C9H14N4O2S2. The Morgan fingerprint density at radius 2 is 2.29 bits per heavy atom. The molecule has 0 spiro atoms. The Morgan fingerprint density at radius 3 is 2.88 bits per heavy atom. The molecule has 2 heterocycles. The van der Waals surface area contributed by atoms with E-state index >= 15 is 0 Å². The summed E-state index contributed by atoms with van der Waals surface area (Å²) in [7, 11) is 0. The van der Waals surface area contributed by atoms with Gasteiger partial charge in [0, 0.05) is 13.1 Å². The summed E-state index contributed by atoms with van der Waals surface area (Å²) >= 11 is 2.81. The van der Waals surface area contributed by atoms with Crippen molar-refractivity contribution in [3.05, 3.63) is 5.69 Å². The van der Waals surface area contributed by atoms with Crippen LogP contribution in [0.15, 0.2) is 4.34 Å². The van der Waals surface area contributed by atoms with Gasteiger partial charge in [-0.2, -0.15) is 0 Å². The zero-order chi connectivity index (χ0) is 12.3. The lowest BCUT2D eigenvalue weighted by molar-refractivity contribution is 0.0125. The van der Waals surface area contributed by atoms with E-state index in [0.717, 1.165) is 4.34 Å². The molecule has 17 heavy (non-hydrogen) atoms. The monoisotopic (exact) mass is 274 g/mol. The number of rotatable bonds is 3. The molecule has 94 valence electrons. The highest BCUT2D eigenvalue weighted by Crippen LogP contribution is 2.27. The Hall–Kier alpha value is -0.830. The summed E-state index contributed by atoms with van der Waals surface area (Å²) in [5.74, 6) is -0.249. The molecule has 3 N–H and O–H groups in total. The molecule has 1 saturated heterocycles. The molecule has 8 heteroatoms. The van der Waals surface area contributed by atoms with E-state index in [-0.39, 0.29) is 5.91 Å². The van der Waals surface area contributed by atoms with Crippen molar-refractivity contribution >= 4 is 34.0 Å². The van der Waals surface area contributed by atoms with E-state index in [1.54, 1.807) is 0 Å². The topological polar surface area (TPSA) is 80.5 Å². The van der Waals surface area contributed by atoms with Crippen molar-refractivity contribution in [2.45, 2.75) is 4.34 Å². The van der Waals surface area contributed by atoms with E-state index in [0.29, 0.717) is 37.0 Å². The van der Waals surface area contributed by atoms with Gasteiger partial charge < -0.3 is 10.5 Å². The molecule has 1 aromatic rings. The van der Waals surface area contributed by atoms with Crippen molar-refractivity contribution in [1.29, 1.82) is 0 Å². The maximum Gasteiger partial charge on any atom is 0.287 e. The van der Waals surface area contributed by atoms with Crippen molar-refractivity contribution in [2.24, 2.45) is 0 Å². The normalized spacial score (nSPS) is 17.0. The second-order valence-corrected chi connectivity index (χ2v) is 5.52. The molecule has 1 aromatic heterocycles. The summed E-state index contributed by atoms with van der Waals surface area (Å²) < 4.78 is 6.00. The van der Waals surface area contributed by atoms with Gasteiger partial charge in [0.2, 0.25) is 0 Å². The number of ether oxygens (including phenoxy) is 1. The largest absolute Gasteiger partial charge is 0.389 e. The number of thioether (sulfide) groups is 1. The Bertz CT molecular complexity index is 404. The summed E-state index contributed by atoms with van der Waals surface area (Å²) in [6.45, 7) is 2.63. The van der Waals surface area contributed by atoms with Crippen LogP contribution in [0.5, 0.6) is 0 Å².